The van der Waals surface area contributed by atoms with Crippen molar-refractivity contribution in [3.8, 4) is 17.1 Å². The Balaban J connectivity index is 1.38. The van der Waals surface area contributed by atoms with Crippen molar-refractivity contribution in [2.75, 3.05) is 23.9 Å². The van der Waals surface area contributed by atoms with Crippen LogP contribution in [0.2, 0.25) is 5.02 Å². The summed E-state index contributed by atoms with van der Waals surface area (Å²) in [7, 11) is -3.03. The first kappa shape index (κ1) is 30.5. The summed E-state index contributed by atoms with van der Waals surface area (Å²) < 4.78 is 48.2. The normalized spacial score (nSPS) is 11.8. The number of anilines is 2. The van der Waals surface area contributed by atoms with Crippen LogP contribution >= 0.6 is 11.6 Å². The Morgan fingerprint density at radius 2 is 1.88 bits per heavy atom. The van der Waals surface area contributed by atoms with E-state index in [0.717, 1.165) is 22.0 Å². The molecular weight excluding hydrogens is 591 g/mol. The first-order chi connectivity index (χ1) is 20.6. The molecule has 0 aliphatic rings. The molecule has 2 N–H and O–H groups in total. The molecule has 3 aromatic carbocycles. The van der Waals surface area contributed by atoms with Crippen LogP contribution in [-0.4, -0.2) is 36.9 Å². The average molecular weight is 623 g/mol. The van der Waals surface area contributed by atoms with Gasteiger partial charge in [0.05, 0.1) is 22.8 Å². The molecule has 5 aromatic rings. The second-order valence-corrected chi connectivity index (χ2v) is 13.3. The van der Waals surface area contributed by atoms with E-state index in [9.17, 15) is 12.8 Å². The molecule has 8 nitrogen and oxygen atoms in total. The monoisotopic (exact) mass is 622 g/mol. The van der Waals surface area contributed by atoms with E-state index in [1.807, 2.05) is 24.3 Å². The van der Waals surface area contributed by atoms with Crippen LogP contribution in [-0.2, 0) is 23.0 Å². The van der Waals surface area contributed by atoms with Crippen molar-refractivity contribution in [2.24, 2.45) is 0 Å². The summed E-state index contributed by atoms with van der Waals surface area (Å²) in [5.41, 5.74) is 4.15. The van der Waals surface area contributed by atoms with Crippen molar-refractivity contribution in [3.05, 3.63) is 101 Å². The lowest BCUT2D eigenvalue weighted by Gasteiger charge is -2.15. The lowest BCUT2D eigenvalue weighted by Crippen LogP contribution is -2.21. The number of halogens is 2. The minimum atomic E-state index is -3.03. The Labute approximate surface area is 255 Å². The predicted molar refractivity (Wildman–Crippen MR) is 168 cm³/mol. The molecule has 0 unspecified atom stereocenters. The van der Waals surface area contributed by atoms with E-state index in [4.69, 9.17) is 20.8 Å². The Bertz CT molecular complexity index is 1860. The van der Waals surface area contributed by atoms with Gasteiger partial charge >= 0.3 is 0 Å². The maximum atomic E-state index is 13.5. The largest absolute Gasteiger partial charge is 0.487 e. The second kappa shape index (κ2) is 13.1. The molecule has 0 aliphatic carbocycles. The molecule has 224 valence electrons. The third kappa shape index (κ3) is 7.90. The SMILES string of the molecule is CC(C)c1cc(-c2ccc(CNCCS(C)(=O)=O)o2)cc2c(Nc3ccc(OCc4cccc(F)c4)c(Cl)c3)ncnc12. The quantitative estimate of drug-likeness (QED) is 0.140. The van der Waals surface area contributed by atoms with Gasteiger partial charge in [0.1, 0.15) is 51.7 Å². The number of fused-ring (bicyclic) bond motifs is 1. The summed E-state index contributed by atoms with van der Waals surface area (Å²) in [6.45, 7) is 5.16. The van der Waals surface area contributed by atoms with Crippen LogP contribution in [0.4, 0.5) is 15.9 Å². The summed E-state index contributed by atoms with van der Waals surface area (Å²) in [4.78, 5) is 9.12. The maximum Gasteiger partial charge on any atom is 0.148 e. The van der Waals surface area contributed by atoms with Gasteiger partial charge in [0.15, 0.2) is 0 Å². The number of hydrogen-bond acceptors (Lipinski definition) is 8. The second-order valence-electron chi connectivity index (χ2n) is 10.6. The van der Waals surface area contributed by atoms with Gasteiger partial charge in [-0.3, -0.25) is 0 Å². The number of nitrogens with one attached hydrogen (secondary N) is 2. The number of sulfone groups is 1. The van der Waals surface area contributed by atoms with Gasteiger partial charge < -0.3 is 19.8 Å². The summed E-state index contributed by atoms with van der Waals surface area (Å²) in [5.74, 6) is 2.39. The van der Waals surface area contributed by atoms with Crippen molar-refractivity contribution >= 4 is 43.8 Å². The van der Waals surface area contributed by atoms with E-state index in [2.05, 4.69) is 40.5 Å². The topological polar surface area (TPSA) is 106 Å². The Kier molecular flexibility index (Phi) is 9.29. The number of hydrogen-bond donors (Lipinski definition) is 2. The van der Waals surface area contributed by atoms with Crippen molar-refractivity contribution in [1.29, 1.82) is 0 Å². The first-order valence-corrected chi connectivity index (χ1v) is 16.2. The van der Waals surface area contributed by atoms with Gasteiger partial charge in [-0.1, -0.05) is 37.6 Å². The van der Waals surface area contributed by atoms with Crippen molar-refractivity contribution in [1.82, 2.24) is 15.3 Å². The van der Waals surface area contributed by atoms with Crippen LogP contribution in [0.1, 0.15) is 36.7 Å². The summed E-state index contributed by atoms with van der Waals surface area (Å²) >= 11 is 6.53. The molecule has 0 amide bonds. The van der Waals surface area contributed by atoms with Crippen LogP contribution < -0.4 is 15.4 Å². The zero-order valence-electron chi connectivity index (χ0n) is 24.0. The molecule has 0 bridgehead atoms. The molecule has 5 rings (SSSR count). The molecule has 11 heteroatoms. The van der Waals surface area contributed by atoms with E-state index in [0.29, 0.717) is 52.5 Å². The third-order valence-corrected chi connectivity index (χ3v) is 8.00. The number of benzene rings is 3. The van der Waals surface area contributed by atoms with Crippen LogP contribution in [0.5, 0.6) is 5.75 Å². The van der Waals surface area contributed by atoms with Crippen molar-refractivity contribution in [3.63, 3.8) is 0 Å². The summed E-state index contributed by atoms with van der Waals surface area (Å²) in [6.07, 6.45) is 2.75. The molecule has 0 aliphatic heterocycles. The highest BCUT2D eigenvalue weighted by molar-refractivity contribution is 7.90. The Hall–Kier alpha value is -3.99. The first-order valence-electron chi connectivity index (χ1n) is 13.8. The van der Waals surface area contributed by atoms with E-state index < -0.39 is 9.84 Å². The molecule has 0 spiro atoms. The smallest absolute Gasteiger partial charge is 0.148 e. The van der Waals surface area contributed by atoms with Gasteiger partial charge in [0.2, 0.25) is 0 Å². The number of nitrogens with zero attached hydrogens (tertiary/aromatic N) is 2. The van der Waals surface area contributed by atoms with Gasteiger partial charge in [-0.15, -0.1) is 0 Å². The summed E-state index contributed by atoms with van der Waals surface area (Å²) in [5, 5.41) is 7.69. The Morgan fingerprint density at radius 3 is 2.63 bits per heavy atom. The zero-order valence-corrected chi connectivity index (χ0v) is 25.6. The standard InChI is InChI=1S/C32H32ClFN4O4S/c1-20(2)26-14-22(29-10-8-25(42-29)17-35-11-12-43(3,39)40)15-27-31(26)36-19-37-32(27)38-24-7-9-30(28(33)16-24)41-18-21-5-4-6-23(34)13-21/h4-10,13-16,19-20,35H,11-12,17-18H2,1-3H3,(H,36,37,38). The molecule has 0 saturated carbocycles. The molecule has 0 radical (unpaired) electrons. The van der Waals surface area contributed by atoms with Gasteiger partial charge in [-0.25, -0.2) is 22.8 Å². The third-order valence-electron chi connectivity index (χ3n) is 6.76. The number of furan rings is 1. The van der Waals surface area contributed by atoms with Crippen LogP contribution in [0, 0.1) is 5.82 Å². The zero-order chi connectivity index (χ0) is 30.6. The number of aromatic nitrogens is 2. The average Bonchev–Trinajstić information content (AvgIpc) is 3.43. The molecule has 2 heterocycles. The fourth-order valence-electron chi connectivity index (χ4n) is 4.59. The molecular formula is C32H32ClFN4O4S. The van der Waals surface area contributed by atoms with E-state index >= 15 is 0 Å². The van der Waals surface area contributed by atoms with Gasteiger partial charge in [-0.2, -0.15) is 0 Å². The Morgan fingerprint density at radius 1 is 1.05 bits per heavy atom. The predicted octanol–water partition coefficient (Wildman–Crippen LogP) is 7.26. The van der Waals surface area contributed by atoms with Crippen molar-refractivity contribution < 1.29 is 22.0 Å². The van der Waals surface area contributed by atoms with Gasteiger partial charge in [-0.05, 0) is 71.6 Å². The highest BCUT2D eigenvalue weighted by Gasteiger charge is 2.16. The maximum absolute atomic E-state index is 13.5. The minimum absolute atomic E-state index is 0.0641. The van der Waals surface area contributed by atoms with Crippen LogP contribution in [0.3, 0.4) is 0 Å². The van der Waals surface area contributed by atoms with Crippen molar-refractivity contribution in [2.45, 2.75) is 32.9 Å². The molecule has 2 aromatic heterocycles. The highest BCUT2D eigenvalue weighted by Crippen LogP contribution is 2.36. The fraction of sp³-hybridized carbons (Fsp3) is 0.250. The number of rotatable bonds is 12. The van der Waals surface area contributed by atoms with E-state index in [1.165, 1.54) is 24.7 Å². The molecule has 0 fully saturated rings. The lowest BCUT2D eigenvalue weighted by molar-refractivity contribution is 0.306. The molecule has 0 saturated heterocycles. The van der Waals surface area contributed by atoms with E-state index in [1.54, 1.807) is 24.3 Å². The van der Waals surface area contributed by atoms with Crippen LogP contribution in [0.25, 0.3) is 22.2 Å². The lowest BCUT2D eigenvalue weighted by atomic mass is 9.96. The minimum Gasteiger partial charge on any atom is -0.487 e. The highest BCUT2D eigenvalue weighted by atomic mass is 35.5. The molecule has 43 heavy (non-hydrogen) atoms. The van der Waals surface area contributed by atoms with Gasteiger partial charge in [0.25, 0.3) is 0 Å². The van der Waals surface area contributed by atoms with Crippen LogP contribution in [0.15, 0.2) is 77.5 Å². The summed E-state index contributed by atoms with van der Waals surface area (Å²) in [6, 6.07) is 19.4. The fourth-order valence-corrected chi connectivity index (χ4v) is 5.35. The molecule has 0 atom stereocenters. The van der Waals surface area contributed by atoms with E-state index in [-0.39, 0.29) is 24.1 Å². The number of ether oxygens (including phenoxy) is 1. The van der Waals surface area contributed by atoms with Gasteiger partial charge in [0, 0.05) is 29.4 Å².